The summed E-state index contributed by atoms with van der Waals surface area (Å²) in [6.07, 6.45) is 0. The van der Waals surface area contributed by atoms with Crippen LogP contribution in [-0.2, 0) is 14.4 Å². The SMILES string of the molecule is Cc1cccc(OCC(=O)N2CCN(C(=O)c3ccc(F)cc3)CC2)c1.O=C(O)C(=O)O. The first kappa shape index (κ1) is 24.3. The summed E-state index contributed by atoms with van der Waals surface area (Å²) in [4.78, 5) is 46.3. The number of piperazine rings is 1. The molecule has 0 radical (unpaired) electrons. The average molecular weight is 446 g/mol. The van der Waals surface area contributed by atoms with Crippen LogP contribution in [0.4, 0.5) is 4.39 Å². The van der Waals surface area contributed by atoms with E-state index in [0.717, 1.165) is 5.56 Å². The number of amides is 2. The van der Waals surface area contributed by atoms with Crippen molar-refractivity contribution >= 4 is 23.8 Å². The predicted molar refractivity (Wildman–Crippen MR) is 111 cm³/mol. The molecule has 0 atom stereocenters. The van der Waals surface area contributed by atoms with Crippen LogP contribution in [0.3, 0.4) is 0 Å². The number of carboxylic acid groups (broad SMARTS) is 2. The van der Waals surface area contributed by atoms with E-state index in [0.29, 0.717) is 37.5 Å². The van der Waals surface area contributed by atoms with Crippen LogP contribution in [0.5, 0.6) is 5.75 Å². The van der Waals surface area contributed by atoms with Crippen LogP contribution in [0.15, 0.2) is 48.5 Å². The molecule has 0 spiro atoms. The number of carbonyl (C=O) groups excluding carboxylic acids is 2. The minimum absolute atomic E-state index is 0.0185. The maximum atomic E-state index is 13.0. The highest BCUT2D eigenvalue weighted by Crippen LogP contribution is 2.13. The summed E-state index contributed by atoms with van der Waals surface area (Å²) in [7, 11) is 0. The van der Waals surface area contributed by atoms with Crippen molar-refractivity contribution in [3.8, 4) is 5.75 Å². The van der Waals surface area contributed by atoms with Crippen molar-refractivity contribution in [2.75, 3.05) is 32.8 Å². The monoisotopic (exact) mass is 446 g/mol. The van der Waals surface area contributed by atoms with Crippen LogP contribution in [0.25, 0.3) is 0 Å². The van der Waals surface area contributed by atoms with Crippen LogP contribution >= 0.6 is 0 Å². The van der Waals surface area contributed by atoms with Crippen molar-refractivity contribution in [2.45, 2.75) is 6.92 Å². The van der Waals surface area contributed by atoms with Crippen molar-refractivity contribution in [3.05, 3.63) is 65.5 Å². The van der Waals surface area contributed by atoms with Gasteiger partial charge in [-0.2, -0.15) is 0 Å². The second-order valence-electron chi connectivity index (χ2n) is 6.90. The number of benzene rings is 2. The fourth-order valence-electron chi connectivity index (χ4n) is 2.88. The summed E-state index contributed by atoms with van der Waals surface area (Å²) >= 11 is 0. The minimum atomic E-state index is -1.82. The van der Waals surface area contributed by atoms with Gasteiger partial charge in [0.1, 0.15) is 11.6 Å². The van der Waals surface area contributed by atoms with Gasteiger partial charge in [-0.15, -0.1) is 0 Å². The summed E-state index contributed by atoms with van der Waals surface area (Å²) < 4.78 is 18.5. The van der Waals surface area contributed by atoms with E-state index in [1.807, 2.05) is 31.2 Å². The highest BCUT2D eigenvalue weighted by Gasteiger charge is 2.25. The van der Waals surface area contributed by atoms with E-state index in [-0.39, 0.29) is 24.2 Å². The maximum absolute atomic E-state index is 13.0. The Morgan fingerprint density at radius 1 is 0.906 bits per heavy atom. The Kier molecular flexibility index (Phi) is 8.70. The summed E-state index contributed by atoms with van der Waals surface area (Å²) in [5.41, 5.74) is 1.52. The molecular weight excluding hydrogens is 423 g/mol. The Morgan fingerprint density at radius 3 is 2.00 bits per heavy atom. The van der Waals surface area contributed by atoms with Gasteiger partial charge < -0.3 is 24.7 Å². The first-order valence-corrected chi connectivity index (χ1v) is 9.65. The fraction of sp³-hybridized carbons (Fsp3) is 0.273. The molecule has 1 heterocycles. The summed E-state index contributed by atoms with van der Waals surface area (Å²) in [6.45, 7) is 3.77. The fourth-order valence-corrected chi connectivity index (χ4v) is 2.88. The number of ether oxygens (including phenoxy) is 1. The van der Waals surface area contributed by atoms with Crippen LogP contribution in [0.1, 0.15) is 15.9 Å². The van der Waals surface area contributed by atoms with E-state index in [1.54, 1.807) is 9.80 Å². The van der Waals surface area contributed by atoms with Crippen LogP contribution in [0.2, 0.25) is 0 Å². The Hall–Kier alpha value is -3.95. The third-order valence-corrected chi connectivity index (χ3v) is 4.55. The van der Waals surface area contributed by atoms with E-state index in [2.05, 4.69) is 0 Å². The van der Waals surface area contributed by atoms with Gasteiger partial charge in [0.05, 0.1) is 0 Å². The molecule has 10 heteroatoms. The molecule has 2 aromatic rings. The third kappa shape index (κ3) is 7.38. The molecule has 0 bridgehead atoms. The summed E-state index contributed by atoms with van der Waals surface area (Å²) in [5, 5.41) is 14.8. The number of hydrogen-bond donors (Lipinski definition) is 2. The molecule has 2 N–H and O–H groups in total. The van der Waals surface area contributed by atoms with E-state index in [9.17, 15) is 14.0 Å². The molecule has 1 aliphatic heterocycles. The number of hydrogen-bond acceptors (Lipinski definition) is 5. The first-order valence-electron chi connectivity index (χ1n) is 9.65. The molecule has 0 unspecified atom stereocenters. The van der Waals surface area contributed by atoms with Gasteiger partial charge in [-0.3, -0.25) is 9.59 Å². The van der Waals surface area contributed by atoms with Crippen LogP contribution in [0, 0.1) is 12.7 Å². The molecule has 9 nitrogen and oxygen atoms in total. The summed E-state index contributed by atoms with van der Waals surface area (Å²) in [6, 6.07) is 13.0. The summed E-state index contributed by atoms with van der Waals surface area (Å²) in [5.74, 6) is -3.59. The Balaban J connectivity index is 0.000000534. The van der Waals surface area contributed by atoms with Crippen molar-refractivity contribution in [1.29, 1.82) is 0 Å². The van der Waals surface area contributed by atoms with E-state index < -0.39 is 11.9 Å². The number of rotatable bonds is 4. The lowest BCUT2D eigenvalue weighted by Crippen LogP contribution is -2.51. The zero-order valence-electron chi connectivity index (χ0n) is 17.4. The highest BCUT2D eigenvalue weighted by molar-refractivity contribution is 6.27. The van der Waals surface area contributed by atoms with Crippen molar-refractivity contribution in [2.24, 2.45) is 0 Å². The van der Waals surface area contributed by atoms with Gasteiger partial charge >= 0.3 is 11.9 Å². The molecular formula is C22H23FN2O7. The zero-order chi connectivity index (χ0) is 23.7. The van der Waals surface area contributed by atoms with Gasteiger partial charge in [-0.05, 0) is 48.9 Å². The number of aryl methyl sites for hydroxylation is 1. The third-order valence-electron chi connectivity index (χ3n) is 4.55. The lowest BCUT2D eigenvalue weighted by molar-refractivity contribution is -0.159. The standard InChI is InChI=1S/C20H21FN2O3.C2H2O4/c1-15-3-2-4-18(13-15)26-14-19(24)22-9-11-23(12-10-22)20(25)16-5-7-17(21)8-6-16;3-1(4)2(5)6/h2-8,13H,9-12,14H2,1H3;(H,3,4)(H,5,6). The lowest BCUT2D eigenvalue weighted by Gasteiger charge is -2.34. The molecule has 2 aromatic carbocycles. The topological polar surface area (TPSA) is 124 Å². The largest absolute Gasteiger partial charge is 0.484 e. The number of halogens is 1. The molecule has 1 aliphatic rings. The molecule has 1 saturated heterocycles. The smallest absolute Gasteiger partial charge is 0.414 e. The second kappa shape index (κ2) is 11.4. The first-order chi connectivity index (χ1) is 15.2. The Morgan fingerprint density at radius 2 is 1.47 bits per heavy atom. The zero-order valence-corrected chi connectivity index (χ0v) is 17.4. The molecule has 3 rings (SSSR count). The van der Waals surface area contributed by atoms with E-state index in [1.165, 1.54) is 24.3 Å². The number of aliphatic carboxylic acids is 2. The van der Waals surface area contributed by atoms with Crippen LogP contribution in [-0.4, -0.2) is 76.6 Å². The van der Waals surface area contributed by atoms with Gasteiger partial charge in [0, 0.05) is 31.7 Å². The molecule has 170 valence electrons. The van der Waals surface area contributed by atoms with Gasteiger partial charge in [-0.25, -0.2) is 14.0 Å². The molecule has 0 aliphatic carbocycles. The quantitative estimate of drug-likeness (QED) is 0.685. The Labute approximate surface area is 183 Å². The van der Waals surface area contributed by atoms with Crippen molar-refractivity contribution in [3.63, 3.8) is 0 Å². The lowest BCUT2D eigenvalue weighted by atomic mass is 10.2. The highest BCUT2D eigenvalue weighted by atomic mass is 19.1. The predicted octanol–water partition coefficient (Wildman–Crippen LogP) is 1.65. The molecule has 32 heavy (non-hydrogen) atoms. The second-order valence-corrected chi connectivity index (χ2v) is 6.90. The van der Waals surface area contributed by atoms with Gasteiger partial charge in [0.25, 0.3) is 11.8 Å². The van der Waals surface area contributed by atoms with Crippen molar-refractivity contribution in [1.82, 2.24) is 9.80 Å². The number of carboxylic acids is 2. The minimum Gasteiger partial charge on any atom is -0.484 e. The van der Waals surface area contributed by atoms with Crippen LogP contribution < -0.4 is 4.74 Å². The number of carbonyl (C=O) groups is 4. The van der Waals surface area contributed by atoms with Crippen molar-refractivity contribution < 1.29 is 38.5 Å². The normalized spacial score (nSPS) is 12.9. The average Bonchev–Trinajstić information content (AvgIpc) is 2.78. The molecule has 0 aromatic heterocycles. The van der Waals surface area contributed by atoms with Gasteiger partial charge in [0.15, 0.2) is 6.61 Å². The Bertz CT molecular complexity index is 958. The van der Waals surface area contributed by atoms with Gasteiger partial charge in [0.2, 0.25) is 0 Å². The number of nitrogens with zero attached hydrogens (tertiary/aromatic N) is 2. The van der Waals surface area contributed by atoms with Gasteiger partial charge in [-0.1, -0.05) is 12.1 Å². The molecule has 2 amide bonds. The molecule has 1 fully saturated rings. The van der Waals surface area contributed by atoms with E-state index >= 15 is 0 Å². The van der Waals surface area contributed by atoms with E-state index in [4.69, 9.17) is 24.5 Å². The maximum Gasteiger partial charge on any atom is 0.414 e. The molecule has 0 saturated carbocycles.